The molecule has 0 saturated carbocycles. The lowest BCUT2D eigenvalue weighted by atomic mass is 10.2. The molecule has 0 unspecified atom stereocenters. The van der Waals surface area contributed by atoms with Crippen LogP contribution in [0.5, 0.6) is 0 Å². The van der Waals surface area contributed by atoms with Crippen molar-refractivity contribution in [1.82, 2.24) is 9.71 Å². The van der Waals surface area contributed by atoms with Crippen molar-refractivity contribution in [2.75, 3.05) is 20.3 Å². The van der Waals surface area contributed by atoms with Crippen molar-refractivity contribution in [1.29, 1.82) is 0 Å². The summed E-state index contributed by atoms with van der Waals surface area (Å²) in [6, 6.07) is 0. The summed E-state index contributed by atoms with van der Waals surface area (Å²) in [5, 5.41) is 8.98. The van der Waals surface area contributed by atoms with E-state index in [1.807, 2.05) is 0 Å². The Hall–Kier alpha value is -1.38. The molecule has 0 aliphatic heterocycles. The minimum atomic E-state index is -3.71. The summed E-state index contributed by atoms with van der Waals surface area (Å²) in [7, 11) is -2.12. The summed E-state index contributed by atoms with van der Waals surface area (Å²) in [4.78, 5) is 13.6. The Morgan fingerprint density at radius 1 is 1.35 bits per heavy atom. The third-order valence-electron chi connectivity index (χ3n) is 2.92. The molecule has 8 heteroatoms. The Morgan fingerprint density at radius 3 is 2.50 bits per heavy atom. The maximum atomic E-state index is 12.2. The Labute approximate surface area is 118 Å². The van der Waals surface area contributed by atoms with Gasteiger partial charge in [0, 0.05) is 31.5 Å². The summed E-state index contributed by atoms with van der Waals surface area (Å²) in [5.41, 5.74) is 0.450. The van der Waals surface area contributed by atoms with Gasteiger partial charge in [-0.2, -0.15) is 0 Å². The van der Waals surface area contributed by atoms with E-state index < -0.39 is 16.0 Å². The number of rotatable bonds is 8. The topological polar surface area (TPSA) is 108 Å². The van der Waals surface area contributed by atoms with E-state index in [9.17, 15) is 13.2 Å². The van der Waals surface area contributed by atoms with Crippen LogP contribution in [0.25, 0.3) is 0 Å². The zero-order chi connectivity index (χ0) is 15.3. The van der Waals surface area contributed by atoms with Gasteiger partial charge >= 0.3 is 5.97 Å². The molecule has 0 aliphatic rings. The third-order valence-corrected chi connectivity index (χ3v) is 4.65. The van der Waals surface area contributed by atoms with E-state index in [1.54, 1.807) is 14.0 Å². The number of aromatic nitrogens is 1. The van der Waals surface area contributed by atoms with Gasteiger partial charge in [-0.05, 0) is 26.7 Å². The molecule has 0 amide bonds. The second-order valence-electron chi connectivity index (χ2n) is 4.48. The molecule has 0 aromatic carbocycles. The van der Waals surface area contributed by atoms with Gasteiger partial charge < -0.3 is 14.8 Å². The number of unbranched alkanes of at least 4 members (excludes halogenated alkanes) is 1. The van der Waals surface area contributed by atoms with Gasteiger partial charge in [-0.3, -0.25) is 0 Å². The second-order valence-corrected chi connectivity index (χ2v) is 6.19. The first-order valence-corrected chi connectivity index (χ1v) is 7.70. The maximum Gasteiger partial charge on any atom is 0.352 e. The summed E-state index contributed by atoms with van der Waals surface area (Å²) < 4.78 is 31.7. The van der Waals surface area contributed by atoms with Crippen LogP contribution in [0, 0.1) is 13.8 Å². The highest BCUT2D eigenvalue weighted by Gasteiger charge is 2.25. The number of methoxy groups -OCH3 is 1. The van der Waals surface area contributed by atoms with Crippen molar-refractivity contribution in [3.8, 4) is 0 Å². The number of sulfonamides is 1. The summed E-state index contributed by atoms with van der Waals surface area (Å²) >= 11 is 0. The van der Waals surface area contributed by atoms with Gasteiger partial charge in [0.1, 0.15) is 10.6 Å². The molecular weight excluding hydrogens is 284 g/mol. The number of aromatic carboxylic acids is 1. The fourth-order valence-corrected chi connectivity index (χ4v) is 3.52. The number of carboxylic acids is 1. The molecule has 1 aromatic rings. The van der Waals surface area contributed by atoms with Crippen LogP contribution in [0.15, 0.2) is 4.90 Å². The van der Waals surface area contributed by atoms with Crippen molar-refractivity contribution < 1.29 is 23.1 Å². The van der Waals surface area contributed by atoms with Gasteiger partial charge in [0.25, 0.3) is 0 Å². The molecular formula is C12H20N2O5S. The molecule has 0 aliphatic carbocycles. The van der Waals surface area contributed by atoms with Crippen LogP contribution in [-0.4, -0.2) is 44.7 Å². The number of aryl methyl sites for hydroxylation is 1. The van der Waals surface area contributed by atoms with Crippen molar-refractivity contribution in [2.45, 2.75) is 31.6 Å². The first-order valence-electron chi connectivity index (χ1n) is 6.22. The minimum absolute atomic E-state index is 0.0154. The fraction of sp³-hybridized carbons (Fsp3) is 0.583. The van der Waals surface area contributed by atoms with Gasteiger partial charge in [-0.25, -0.2) is 17.9 Å². The van der Waals surface area contributed by atoms with E-state index in [0.717, 1.165) is 6.42 Å². The molecule has 3 N–H and O–H groups in total. The number of hydrogen-bond donors (Lipinski definition) is 3. The summed E-state index contributed by atoms with van der Waals surface area (Å²) in [5.74, 6) is -1.17. The number of carbonyl (C=O) groups is 1. The molecule has 20 heavy (non-hydrogen) atoms. The van der Waals surface area contributed by atoms with Gasteiger partial charge in [-0.15, -0.1) is 0 Å². The molecule has 1 heterocycles. The zero-order valence-corrected chi connectivity index (χ0v) is 12.6. The first-order chi connectivity index (χ1) is 9.31. The number of H-pyrrole nitrogens is 1. The zero-order valence-electron chi connectivity index (χ0n) is 11.8. The molecule has 1 aromatic heterocycles. The molecule has 7 nitrogen and oxygen atoms in total. The quantitative estimate of drug-likeness (QED) is 0.622. The SMILES string of the molecule is COCCCCNS(=O)(=O)c1c(C)[nH]c(C(=O)O)c1C. The summed E-state index contributed by atoms with van der Waals surface area (Å²) in [6.07, 6.45) is 1.41. The second kappa shape index (κ2) is 6.87. The van der Waals surface area contributed by atoms with Gasteiger partial charge in [0.2, 0.25) is 10.0 Å². The molecule has 0 bridgehead atoms. The Bertz CT molecular complexity index is 577. The highest BCUT2D eigenvalue weighted by molar-refractivity contribution is 7.89. The number of aromatic amines is 1. The van der Waals surface area contributed by atoms with Crippen LogP contribution >= 0.6 is 0 Å². The van der Waals surface area contributed by atoms with Crippen molar-refractivity contribution in [3.05, 3.63) is 17.0 Å². The fourth-order valence-electron chi connectivity index (χ4n) is 2.00. The molecule has 0 fully saturated rings. The van der Waals surface area contributed by atoms with Crippen molar-refractivity contribution >= 4 is 16.0 Å². The number of carboxylic acid groups (broad SMARTS) is 1. The summed E-state index contributed by atoms with van der Waals surface area (Å²) in [6.45, 7) is 3.89. The predicted molar refractivity (Wildman–Crippen MR) is 73.5 cm³/mol. The Balaban J connectivity index is 2.85. The normalized spacial score (nSPS) is 11.8. The van der Waals surface area contributed by atoms with Gasteiger partial charge in [-0.1, -0.05) is 0 Å². The lowest BCUT2D eigenvalue weighted by Gasteiger charge is -2.07. The van der Waals surface area contributed by atoms with Crippen molar-refractivity contribution in [2.24, 2.45) is 0 Å². The molecule has 1 rings (SSSR count). The molecule has 0 saturated heterocycles. The van der Waals surface area contributed by atoms with Gasteiger partial charge in [0.15, 0.2) is 0 Å². The Morgan fingerprint density at radius 2 is 2.00 bits per heavy atom. The van der Waals surface area contributed by atoms with Crippen LogP contribution in [0.4, 0.5) is 0 Å². The lowest BCUT2D eigenvalue weighted by molar-refractivity contribution is 0.0690. The van der Waals surface area contributed by atoms with E-state index in [1.165, 1.54) is 6.92 Å². The standard InChI is InChI=1S/C12H20N2O5S/c1-8-10(12(15)16)14-9(2)11(8)20(17,18)13-6-4-5-7-19-3/h13-14H,4-7H2,1-3H3,(H,15,16). The number of nitrogens with one attached hydrogen (secondary N) is 2. The van der Waals surface area contributed by atoms with Gasteiger partial charge in [0.05, 0.1) is 0 Å². The number of hydrogen-bond acceptors (Lipinski definition) is 4. The highest BCUT2D eigenvalue weighted by Crippen LogP contribution is 2.22. The van der Waals surface area contributed by atoms with Crippen LogP contribution < -0.4 is 4.72 Å². The van der Waals surface area contributed by atoms with E-state index in [4.69, 9.17) is 9.84 Å². The average molecular weight is 304 g/mol. The predicted octanol–water partition coefficient (Wildman–Crippen LogP) is 1.03. The highest BCUT2D eigenvalue weighted by atomic mass is 32.2. The molecule has 0 spiro atoms. The molecule has 114 valence electrons. The smallest absolute Gasteiger partial charge is 0.352 e. The molecule has 0 atom stereocenters. The van der Waals surface area contributed by atoms with Crippen LogP contribution in [0.2, 0.25) is 0 Å². The van der Waals surface area contributed by atoms with Crippen LogP contribution in [-0.2, 0) is 14.8 Å². The van der Waals surface area contributed by atoms with Crippen LogP contribution in [0.3, 0.4) is 0 Å². The molecule has 0 radical (unpaired) electrons. The van der Waals surface area contributed by atoms with E-state index >= 15 is 0 Å². The minimum Gasteiger partial charge on any atom is -0.477 e. The van der Waals surface area contributed by atoms with E-state index in [0.29, 0.717) is 18.7 Å². The van der Waals surface area contributed by atoms with Crippen LogP contribution in [0.1, 0.15) is 34.6 Å². The largest absolute Gasteiger partial charge is 0.477 e. The lowest BCUT2D eigenvalue weighted by Crippen LogP contribution is -2.26. The maximum absolute atomic E-state index is 12.2. The number of ether oxygens (including phenoxy) is 1. The third kappa shape index (κ3) is 3.81. The van der Waals surface area contributed by atoms with E-state index in [2.05, 4.69) is 9.71 Å². The van der Waals surface area contributed by atoms with Crippen molar-refractivity contribution in [3.63, 3.8) is 0 Å². The Kier molecular flexibility index (Phi) is 5.73. The first kappa shape index (κ1) is 16.7. The van der Waals surface area contributed by atoms with E-state index in [-0.39, 0.29) is 22.7 Å². The average Bonchev–Trinajstić information content (AvgIpc) is 2.65. The monoisotopic (exact) mass is 304 g/mol.